The summed E-state index contributed by atoms with van der Waals surface area (Å²) >= 11 is 0. The number of nitrogens with two attached hydrogens (primary N) is 1. The summed E-state index contributed by atoms with van der Waals surface area (Å²) in [7, 11) is 0. The second-order valence-corrected chi connectivity index (χ2v) is 3.41. The molecular formula is C11H14N4. The van der Waals surface area contributed by atoms with Crippen LogP contribution in [0.3, 0.4) is 0 Å². The van der Waals surface area contributed by atoms with Crippen molar-refractivity contribution in [3.05, 3.63) is 42.5 Å². The number of hydrogen-bond acceptors (Lipinski definition) is 3. The van der Waals surface area contributed by atoms with Crippen LogP contribution in [0.15, 0.2) is 36.7 Å². The van der Waals surface area contributed by atoms with Crippen LogP contribution in [0, 0.1) is 0 Å². The summed E-state index contributed by atoms with van der Waals surface area (Å²) in [5, 5.41) is 7.95. The summed E-state index contributed by atoms with van der Waals surface area (Å²) in [6.45, 7) is 2.04. The fourth-order valence-corrected chi connectivity index (χ4v) is 1.47. The zero-order valence-electron chi connectivity index (χ0n) is 8.67. The van der Waals surface area contributed by atoms with Gasteiger partial charge in [0.25, 0.3) is 0 Å². The molecule has 2 rings (SSSR count). The molecule has 0 aliphatic rings. The van der Waals surface area contributed by atoms with Gasteiger partial charge in [-0.25, -0.2) is 0 Å². The molecule has 0 spiro atoms. The Morgan fingerprint density at radius 1 is 1.33 bits per heavy atom. The molecule has 0 radical (unpaired) electrons. The average molecular weight is 202 g/mol. The third-order valence-electron chi connectivity index (χ3n) is 2.38. The molecule has 4 nitrogen and oxygen atoms in total. The monoisotopic (exact) mass is 202 g/mol. The summed E-state index contributed by atoms with van der Waals surface area (Å²) in [6, 6.07) is 9.90. The Morgan fingerprint density at radius 2 is 2.07 bits per heavy atom. The molecule has 2 aromatic rings. The smallest absolute Gasteiger partial charge is 0.154 e. The highest BCUT2D eigenvalue weighted by Crippen LogP contribution is 2.15. The molecule has 0 saturated heterocycles. The second-order valence-electron chi connectivity index (χ2n) is 3.41. The first kappa shape index (κ1) is 9.86. The topological polar surface area (TPSA) is 56.7 Å². The fourth-order valence-electron chi connectivity index (χ4n) is 1.47. The van der Waals surface area contributed by atoms with Crippen molar-refractivity contribution in [2.24, 2.45) is 5.73 Å². The third-order valence-corrected chi connectivity index (χ3v) is 2.38. The van der Waals surface area contributed by atoms with Gasteiger partial charge in [-0.2, -0.15) is 0 Å². The van der Waals surface area contributed by atoms with E-state index >= 15 is 0 Å². The fraction of sp³-hybridized carbons (Fsp3) is 0.273. The van der Waals surface area contributed by atoms with Gasteiger partial charge in [-0.1, -0.05) is 25.1 Å². The van der Waals surface area contributed by atoms with Crippen molar-refractivity contribution in [2.45, 2.75) is 19.4 Å². The van der Waals surface area contributed by atoms with Crippen molar-refractivity contribution >= 4 is 0 Å². The first-order chi connectivity index (χ1) is 7.33. The van der Waals surface area contributed by atoms with Crippen LogP contribution in [0.5, 0.6) is 0 Å². The van der Waals surface area contributed by atoms with Crippen LogP contribution in [0.2, 0.25) is 0 Å². The zero-order chi connectivity index (χ0) is 10.7. The Morgan fingerprint density at radius 3 is 2.73 bits per heavy atom. The lowest BCUT2D eigenvalue weighted by Crippen LogP contribution is -2.14. The third kappa shape index (κ3) is 1.89. The van der Waals surface area contributed by atoms with Crippen LogP contribution in [-0.2, 0) is 0 Å². The lowest BCUT2D eigenvalue weighted by atomic mass is 10.2. The first-order valence-electron chi connectivity index (χ1n) is 5.04. The zero-order valence-corrected chi connectivity index (χ0v) is 8.67. The van der Waals surface area contributed by atoms with Gasteiger partial charge in [-0.3, -0.25) is 4.57 Å². The van der Waals surface area contributed by atoms with Gasteiger partial charge in [-0.05, 0) is 18.6 Å². The predicted octanol–water partition coefficient (Wildman–Crippen LogP) is 1.68. The number of para-hydroxylation sites is 1. The SMILES string of the molecule is CCC(N)c1nncn1-c1ccccc1. The molecule has 0 bridgehead atoms. The molecule has 0 aliphatic heterocycles. The molecule has 1 unspecified atom stereocenters. The van der Waals surface area contributed by atoms with Crippen LogP contribution >= 0.6 is 0 Å². The molecule has 1 aromatic heterocycles. The molecule has 1 aromatic carbocycles. The molecule has 78 valence electrons. The lowest BCUT2D eigenvalue weighted by Gasteiger charge is -2.10. The number of nitrogens with zero attached hydrogens (tertiary/aromatic N) is 3. The minimum absolute atomic E-state index is 0.0623. The highest BCUT2D eigenvalue weighted by Gasteiger charge is 2.12. The van der Waals surface area contributed by atoms with Gasteiger partial charge < -0.3 is 5.73 Å². The van der Waals surface area contributed by atoms with Crippen LogP contribution in [0.25, 0.3) is 5.69 Å². The Kier molecular flexibility index (Phi) is 2.78. The molecule has 4 heteroatoms. The van der Waals surface area contributed by atoms with E-state index in [9.17, 15) is 0 Å². The average Bonchev–Trinajstić information content (AvgIpc) is 2.78. The number of rotatable bonds is 3. The highest BCUT2D eigenvalue weighted by atomic mass is 15.3. The number of benzene rings is 1. The van der Waals surface area contributed by atoms with E-state index in [2.05, 4.69) is 10.2 Å². The standard InChI is InChI=1S/C11H14N4/c1-2-10(12)11-14-13-8-15(11)9-6-4-3-5-7-9/h3-8,10H,2,12H2,1H3. The van der Waals surface area contributed by atoms with Crippen molar-refractivity contribution in [2.75, 3.05) is 0 Å². The quantitative estimate of drug-likeness (QED) is 0.823. The summed E-state index contributed by atoms with van der Waals surface area (Å²) in [6.07, 6.45) is 2.55. The summed E-state index contributed by atoms with van der Waals surface area (Å²) in [5.41, 5.74) is 7.00. The van der Waals surface area contributed by atoms with Gasteiger partial charge in [-0.15, -0.1) is 10.2 Å². The summed E-state index contributed by atoms with van der Waals surface area (Å²) in [4.78, 5) is 0. The molecular weight excluding hydrogens is 188 g/mol. The van der Waals surface area contributed by atoms with Crippen molar-refractivity contribution in [1.29, 1.82) is 0 Å². The van der Waals surface area contributed by atoms with Crippen LogP contribution < -0.4 is 5.73 Å². The lowest BCUT2D eigenvalue weighted by molar-refractivity contribution is 0.633. The van der Waals surface area contributed by atoms with E-state index in [0.29, 0.717) is 0 Å². The van der Waals surface area contributed by atoms with Crippen molar-refractivity contribution < 1.29 is 0 Å². The van der Waals surface area contributed by atoms with Gasteiger partial charge >= 0.3 is 0 Å². The van der Waals surface area contributed by atoms with Gasteiger partial charge in [0.2, 0.25) is 0 Å². The Labute approximate surface area is 88.8 Å². The molecule has 0 aliphatic carbocycles. The van der Waals surface area contributed by atoms with E-state index < -0.39 is 0 Å². The molecule has 1 heterocycles. The van der Waals surface area contributed by atoms with Crippen LogP contribution in [-0.4, -0.2) is 14.8 Å². The predicted molar refractivity (Wildman–Crippen MR) is 58.6 cm³/mol. The van der Waals surface area contributed by atoms with Crippen LogP contribution in [0.1, 0.15) is 25.2 Å². The van der Waals surface area contributed by atoms with Crippen LogP contribution in [0.4, 0.5) is 0 Å². The van der Waals surface area contributed by atoms with E-state index in [1.807, 2.05) is 41.8 Å². The van der Waals surface area contributed by atoms with E-state index in [1.54, 1.807) is 6.33 Å². The first-order valence-corrected chi connectivity index (χ1v) is 5.04. The molecule has 0 saturated carbocycles. The molecule has 2 N–H and O–H groups in total. The van der Waals surface area contributed by atoms with Gasteiger partial charge in [0.05, 0.1) is 6.04 Å². The minimum atomic E-state index is -0.0623. The molecule has 0 amide bonds. The number of aromatic nitrogens is 3. The maximum atomic E-state index is 5.95. The molecule has 15 heavy (non-hydrogen) atoms. The Hall–Kier alpha value is -1.68. The van der Waals surface area contributed by atoms with Crippen molar-refractivity contribution in [3.8, 4) is 5.69 Å². The highest BCUT2D eigenvalue weighted by molar-refractivity contribution is 5.32. The van der Waals surface area contributed by atoms with E-state index in [1.165, 1.54) is 0 Å². The van der Waals surface area contributed by atoms with Gasteiger partial charge in [0.1, 0.15) is 6.33 Å². The normalized spacial score (nSPS) is 12.7. The van der Waals surface area contributed by atoms with Crippen molar-refractivity contribution in [3.63, 3.8) is 0 Å². The summed E-state index contributed by atoms with van der Waals surface area (Å²) < 4.78 is 1.92. The number of hydrogen-bond donors (Lipinski definition) is 1. The van der Waals surface area contributed by atoms with E-state index in [-0.39, 0.29) is 6.04 Å². The van der Waals surface area contributed by atoms with Gasteiger partial charge in [0.15, 0.2) is 5.82 Å². The second kappa shape index (κ2) is 4.23. The Bertz CT molecular complexity index is 421. The maximum absolute atomic E-state index is 5.95. The molecule has 1 atom stereocenters. The van der Waals surface area contributed by atoms with Crippen molar-refractivity contribution in [1.82, 2.24) is 14.8 Å². The largest absolute Gasteiger partial charge is 0.321 e. The van der Waals surface area contributed by atoms with E-state index in [0.717, 1.165) is 17.9 Å². The molecule has 0 fully saturated rings. The van der Waals surface area contributed by atoms with Gasteiger partial charge in [0, 0.05) is 5.69 Å². The van der Waals surface area contributed by atoms with E-state index in [4.69, 9.17) is 5.73 Å². The Balaban J connectivity index is 2.41. The maximum Gasteiger partial charge on any atom is 0.154 e. The minimum Gasteiger partial charge on any atom is -0.321 e. The summed E-state index contributed by atoms with van der Waals surface area (Å²) in [5.74, 6) is 0.809.